The van der Waals surface area contributed by atoms with E-state index >= 15 is 0 Å². The molecular weight excluding hydrogens is 319 g/mol. The highest BCUT2D eigenvalue weighted by Crippen LogP contribution is 2.25. The molecule has 5 nitrogen and oxygen atoms in total. The molecule has 2 aromatic rings. The second-order valence-electron chi connectivity index (χ2n) is 6.17. The molecule has 3 N–H and O–H groups in total. The average Bonchev–Trinajstić information content (AvgIpc) is 2.95. The molecule has 0 saturated carbocycles. The van der Waals surface area contributed by atoms with Gasteiger partial charge in [-0.3, -0.25) is 9.89 Å². The number of amides is 1. The summed E-state index contributed by atoms with van der Waals surface area (Å²) in [6, 6.07) is 6.29. The standard InChI is InChI=1S/C16H21FN4O.ClH/c1-16(2,9-18)10-21(3)15(22)12-8-19-20-14(12)11-6-4-5-7-13(11)17;/h4-8H,9-10,18H2,1-3H3,(H,19,20);1H. The van der Waals surface area contributed by atoms with Crippen molar-refractivity contribution in [3.8, 4) is 11.3 Å². The van der Waals surface area contributed by atoms with Crippen LogP contribution in [0.2, 0.25) is 0 Å². The lowest BCUT2D eigenvalue weighted by molar-refractivity contribution is 0.0741. The molecule has 0 aliphatic heterocycles. The van der Waals surface area contributed by atoms with E-state index in [1.807, 2.05) is 13.8 Å². The molecule has 23 heavy (non-hydrogen) atoms. The van der Waals surface area contributed by atoms with Crippen LogP contribution in [0, 0.1) is 11.2 Å². The van der Waals surface area contributed by atoms with E-state index < -0.39 is 5.82 Å². The van der Waals surface area contributed by atoms with E-state index in [0.29, 0.717) is 29.9 Å². The van der Waals surface area contributed by atoms with Crippen LogP contribution in [0.4, 0.5) is 4.39 Å². The van der Waals surface area contributed by atoms with Crippen LogP contribution in [0.15, 0.2) is 30.5 Å². The van der Waals surface area contributed by atoms with Crippen molar-refractivity contribution in [3.63, 3.8) is 0 Å². The Morgan fingerprint density at radius 3 is 2.65 bits per heavy atom. The summed E-state index contributed by atoms with van der Waals surface area (Å²) in [5, 5.41) is 6.61. The number of rotatable bonds is 5. The molecule has 126 valence electrons. The molecule has 0 atom stereocenters. The van der Waals surface area contributed by atoms with Gasteiger partial charge in [-0.05, 0) is 24.1 Å². The molecule has 1 heterocycles. The molecule has 0 radical (unpaired) electrons. The van der Waals surface area contributed by atoms with E-state index in [4.69, 9.17) is 5.73 Å². The topological polar surface area (TPSA) is 75.0 Å². The normalized spacial score (nSPS) is 11.0. The van der Waals surface area contributed by atoms with Gasteiger partial charge < -0.3 is 10.6 Å². The van der Waals surface area contributed by atoms with Crippen molar-refractivity contribution in [3.05, 3.63) is 41.8 Å². The molecule has 1 aromatic heterocycles. The number of aromatic nitrogens is 2. The third-order valence-electron chi connectivity index (χ3n) is 3.58. The molecular formula is C16H22ClFN4O. The number of hydrogen-bond acceptors (Lipinski definition) is 3. The van der Waals surface area contributed by atoms with Crippen LogP contribution in [0.25, 0.3) is 11.3 Å². The van der Waals surface area contributed by atoms with Gasteiger partial charge in [-0.15, -0.1) is 12.4 Å². The lowest BCUT2D eigenvalue weighted by Gasteiger charge is -2.29. The second kappa shape index (κ2) is 7.57. The van der Waals surface area contributed by atoms with Crippen molar-refractivity contribution in [2.75, 3.05) is 20.1 Å². The fraction of sp³-hybridized carbons (Fsp3) is 0.375. The SMILES string of the molecule is CN(CC(C)(C)CN)C(=O)c1cn[nH]c1-c1ccccc1F.Cl. The Kier molecular flexibility index (Phi) is 6.29. The highest BCUT2D eigenvalue weighted by molar-refractivity contribution is 5.99. The number of carbonyl (C=O) groups is 1. The molecule has 1 aromatic carbocycles. The zero-order valence-corrected chi connectivity index (χ0v) is 14.3. The maximum absolute atomic E-state index is 13.9. The number of carbonyl (C=O) groups excluding carboxylic acids is 1. The van der Waals surface area contributed by atoms with Crippen LogP contribution >= 0.6 is 12.4 Å². The van der Waals surface area contributed by atoms with Crippen molar-refractivity contribution >= 4 is 18.3 Å². The molecule has 1 amide bonds. The van der Waals surface area contributed by atoms with Crippen molar-refractivity contribution in [2.24, 2.45) is 11.1 Å². The number of hydrogen-bond donors (Lipinski definition) is 2. The first kappa shape index (κ1) is 19.1. The van der Waals surface area contributed by atoms with Gasteiger partial charge in [0.15, 0.2) is 0 Å². The molecule has 7 heteroatoms. The van der Waals surface area contributed by atoms with Crippen LogP contribution in [-0.4, -0.2) is 41.1 Å². The highest BCUT2D eigenvalue weighted by atomic mass is 35.5. The molecule has 0 bridgehead atoms. The van der Waals surface area contributed by atoms with Crippen molar-refractivity contribution in [1.82, 2.24) is 15.1 Å². The average molecular weight is 341 g/mol. The predicted molar refractivity (Wildman–Crippen MR) is 91.0 cm³/mol. The van der Waals surface area contributed by atoms with E-state index in [0.717, 1.165) is 0 Å². The Morgan fingerprint density at radius 2 is 2.04 bits per heavy atom. The summed E-state index contributed by atoms with van der Waals surface area (Å²) in [5.41, 5.74) is 6.59. The summed E-state index contributed by atoms with van der Waals surface area (Å²) in [6.45, 7) is 4.95. The minimum Gasteiger partial charge on any atom is -0.341 e. The van der Waals surface area contributed by atoms with Gasteiger partial charge in [0.05, 0.1) is 17.5 Å². The smallest absolute Gasteiger partial charge is 0.257 e. The Bertz CT molecular complexity index is 672. The first-order valence-electron chi connectivity index (χ1n) is 7.09. The first-order valence-corrected chi connectivity index (χ1v) is 7.09. The fourth-order valence-corrected chi connectivity index (χ4v) is 2.30. The van der Waals surface area contributed by atoms with E-state index in [1.165, 1.54) is 12.3 Å². The van der Waals surface area contributed by atoms with E-state index in [1.54, 1.807) is 30.1 Å². The third kappa shape index (κ3) is 4.30. The largest absolute Gasteiger partial charge is 0.341 e. The van der Waals surface area contributed by atoms with Crippen LogP contribution in [0.1, 0.15) is 24.2 Å². The Hall–Kier alpha value is -1.92. The molecule has 0 unspecified atom stereocenters. The van der Waals surface area contributed by atoms with Crippen LogP contribution in [0.5, 0.6) is 0 Å². The number of nitrogens with zero attached hydrogens (tertiary/aromatic N) is 2. The Morgan fingerprint density at radius 1 is 1.39 bits per heavy atom. The first-order chi connectivity index (χ1) is 10.4. The number of aromatic amines is 1. The molecule has 0 aliphatic rings. The summed E-state index contributed by atoms with van der Waals surface area (Å²) in [7, 11) is 1.71. The van der Waals surface area contributed by atoms with Gasteiger partial charge in [-0.25, -0.2) is 4.39 Å². The van der Waals surface area contributed by atoms with E-state index in [2.05, 4.69) is 10.2 Å². The minimum absolute atomic E-state index is 0. The van der Waals surface area contributed by atoms with Gasteiger partial charge in [-0.2, -0.15) is 5.10 Å². The van der Waals surface area contributed by atoms with Gasteiger partial charge in [0.25, 0.3) is 5.91 Å². The monoisotopic (exact) mass is 340 g/mol. The van der Waals surface area contributed by atoms with Gasteiger partial charge in [0, 0.05) is 19.2 Å². The minimum atomic E-state index is -0.397. The van der Waals surface area contributed by atoms with Crippen molar-refractivity contribution in [1.29, 1.82) is 0 Å². The zero-order chi connectivity index (χ0) is 16.3. The second-order valence-corrected chi connectivity index (χ2v) is 6.17. The number of halogens is 2. The maximum Gasteiger partial charge on any atom is 0.257 e. The molecule has 0 spiro atoms. The summed E-state index contributed by atoms with van der Waals surface area (Å²) in [5.74, 6) is -0.612. The predicted octanol–water partition coefficient (Wildman–Crippen LogP) is 2.69. The van der Waals surface area contributed by atoms with Gasteiger partial charge in [0.1, 0.15) is 5.82 Å². The summed E-state index contributed by atoms with van der Waals surface area (Å²) in [4.78, 5) is 14.2. The van der Waals surface area contributed by atoms with Gasteiger partial charge in [0.2, 0.25) is 0 Å². The Balaban J connectivity index is 0.00000264. The quantitative estimate of drug-likeness (QED) is 0.878. The van der Waals surface area contributed by atoms with E-state index in [9.17, 15) is 9.18 Å². The molecule has 0 aliphatic carbocycles. The van der Waals surface area contributed by atoms with Crippen molar-refractivity contribution < 1.29 is 9.18 Å². The van der Waals surface area contributed by atoms with Gasteiger partial charge in [-0.1, -0.05) is 26.0 Å². The summed E-state index contributed by atoms with van der Waals surface area (Å²) < 4.78 is 13.9. The lowest BCUT2D eigenvalue weighted by atomic mass is 9.93. The number of nitrogens with one attached hydrogen (secondary N) is 1. The maximum atomic E-state index is 13.9. The Labute approximate surface area is 141 Å². The van der Waals surface area contributed by atoms with Crippen molar-refractivity contribution in [2.45, 2.75) is 13.8 Å². The molecule has 2 rings (SSSR count). The highest BCUT2D eigenvalue weighted by Gasteiger charge is 2.25. The number of H-pyrrole nitrogens is 1. The van der Waals surface area contributed by atoms with Crippen LogP contribution in [-0.2, 0) is 0 Å². The van der Waals surface area contributed by atoms with Crippen LogP contribution < -0.4 is 5.73 Å². The molecule has 0 fully saturated rings. The van der Waals surface area contributed by atoms with Crippen LogP contribution in [0.3, 0.4) is 0 Å². The van der Waals surface area contributed by atoms with Gasteiger partial charge >= 0.3 is 0 Å². The number of nitrogens with two attached hydrogens (primary N) is 1. The molecule has 0 saturated heterocycles. The summed E-state index contributed by atoms with van der Waals surface area (Å²) >= 11 is 0. The van der Waals surface area contributed by atoms with E-state index in [-0.39, 0.29) is 23.7 Å². The third-order valence-corrected chi connectivity index (χ3v) is 3.58. The number of benzene rings is 1. The summed E-state index contributed by atoms with van der Waals surface area (Å²) in [6.07, 6.45) is 1.43. The fourth-order valence-electron chi connectivity index (χ4n) is 2.30. The zero-order valence-electron chi connectivity index (χ0n) is 13.5. The lowest BCUT2D eigenvalue weighted by Crippen LogP contribution is -2.39.